The van der Waals surface area contributed by atoms with Gasteiger partial charge in [0, 0.05) is 35.4 Å². The standard InChI is InChI=1S/C31H41ClN4O6/c1-8-19-13-31(19,26(39)40)16-23(37)22-15-30(14-21(35-42-30)18-10-9-11-20(32)12-18)17-36(22)25(38)24(28(2,3)4)33-27(41)34-29(5,6)7/h8-12,19,22,24H,1,13-17H2,2-7H3,(H,39,40)(H2,33,34,41)/t19-,22+,24-,30-,31-/m1/s1. The van der Waals surface area contributed by atoms with Crippen molar-refractivity contribution in [3.05, 3.63) is 47.5 Å². The Hall–Kier alpha value is -3.40. The molecule has 0 radical (unpaired) electrons. The molecule has 3 N–H and O–H groups in total. The Morgan fingerprint density at radius 1 is 1.21 bits per heavy atom. The lowest BCUT2D eigenvalue weighted by molar-refractivity contribution is -0.147. The van der Waals surface area contributed by atoms with Crippen LogP contribution in [0.4, 0.5) is 4.79 Å². The Morgan fingerprint density at radius 3 is 2.45 bits per heavy atom. The van der Waals surface area contributed by atoms with Crippen LogP contribution in [0.15, 0.2) is 42.1 Å². The van der Waals surface area contributed by atoms with Crippen molar-refractivity contribution in [1.29, 1.82) is 0 Å². The number of allylic oxidation sites excluding steroid dienone is 1. The number of urea groups is 1. The number of carbonyl (C=O) groups excluding carboxylic acids is 3. The molecule has 5 atom stereocenters. The Kier molecular flexibility index (Phi) is 8.28. The zero-order valence-electron chi connectivity index (χ0n) is 25.1. The number of halogens is 1. The molecule has 2 aliphatic heterocycles. The Bertz CT molecular complexity index is 1330. The molecule has 42 heavy (non-hydrogen) atoms. The number of carboxylic acids is 1. The summed E-state index contributed by atoms with van der Waals surface area (Å²) in [4.78, 5) is 60.7. The summed E-state index contributed by atoms with van der Waals surface area (Å²) in [7, 11) is 0. The lowest BCUT2D eigenvalue weighted by Gasteiger charge is -2.36. The van der Waals surface area contributed by atoms with Gasteiger partial charge in [0.05, 0.1) is 23.7 Å². The summed E-state index contributed by atoms with van der Waals surface area (Å²) in [6, 6.07) is 4.76. The zero-order valence-corrected chi connectivity index (χ0v) is 25.9. The second-order valence-electron chi connectivity index (χ2n) is 14.0. The number of likely N-dealkylation sites (tertiary alicyclic amines) is 1. The van der Waals surface area contributed by atoms with Gasteiger partial charge in [0.15, 0.2) is 11.4 Å². The minimum Gasteiger partial charge on any atom is -0.481 e. The first-order chi connectivity index (χ1) is 19.4. The molecule has 3 aliphatic rings. The molecule has 1 aromatic rings. The summed E-state index contributed by atoms with van der Waals surface area (Å²) in [5, 5.41) is 20.5. The first-order valence-electron chi connectivity index (χ1n) is 14.2. The Labute approximate surface area is 251 Å². The van der Waals surface area contributed by atoms with Gasteiger partial charge in [-0.1, -0.05) is 55.7 Å². The number of aliphatic carboxylic acids is 1. The molecule has 2 fully saturated rings. The van der Waals surface area contributed by atoms with Gasteiger partial charge in [-0.2, -0.15) is 0 Å². The van der Waals surface area contributed by atoms with Crippen LogP contribution >= 0.6 is 11.6 Å². The minimum atomic E-state index is -1.23. The van der Waals surface area contributed by atoms with Crippen LogP contribution in [0.2, 0.25) is 5.02 Å². The monoisotopic (exact) mass is 600 g/mol. The third-order valence-electron chi connectivity index (χ3n) is 8.26. The van der Waals surface area contributed by atoms with E-state index in [4.69, 9.17) is 16.4 Å². The van der Waals surface area contributed by atoms with Crippen molar-refractivity contribution in [3.8, 4) is 0 Å². The summed E-state index contributed by atoms with van der Waals surface area (Å²) in [6.07, 6.45) is 2.13. The molecule has 0 unspecified atom stereocenters. The molecule has 228 valence electrons. The Morgan fingerprint density at radius 2 is 1.90 bits per heavy atom. The molecule has 1 aliphatic carbocycles. The summed E-state index contributed by atoms with van der Waals surface area (Å²) < 4.78 is 0. The number of nitrogens with one attached hydrogen (secondary N) is 2. The number of benzene rings is 1. The van der Waals surface area contributed by atoms with E-state index in [0.717, 1.165) is 5.56 Å². The lowest BCUT2D eigenvalue weighted by Crippen LogP contribution is -2.60. The van der Waals surface area contributed by atoms with E-state index in [2.05, 4.69) is 22.4 Å². The van der Waals surface area contributed by atoms with E-state index in [-0.39, 0.29) is 31.1 Å². The number of nitrogens with zero attached hydrogens (tertiary/aromatic N) is 2. The zero-order chi connectivity index (χ0) is 31.3. The van der Waals surface area contributed by atoms with E-state index < -0.39 is 52.0 Å². The number of amides is 3. The number of ketones is 1. The fourth-order valence-corrected chi connectivity index (χ4v) is 6.11. The van der Waals surface area contributed by atoms with Gasteiger partial charge in [0.1, 0.15) is 6.04 Å². The predicted molar refractivity (Wildman–Crippen MR) is 159 cm³/mol. The average molecular weight is 601 g/mol. The molecular formula is C31H41ClN4O6. The number of rotatable bonds is 8. The van der Waals surface area contributed by atoms with Gasteiger partial charge < -0.3 is 25.5 Å². The highest BCUT2D eigenvalue weighted by atomic mass is 35.5. The molecular weight excluding hydrogens is 560 g/mol. The fraction of sp³-hybridized carbons (Fsp3) is 0.581. The van der Waals surface area contributed by atoms with Gasteiger partial charge in [0.2, 0.25) is 5.91 Å². The fourth-order valence-electron chi connectivity index (χ4n) is 5.92. The quantitative estimate of drug-likeness (QED) is 0.374. The van der Waals surface area contributed by atoms with Gasteiger partial charge in [-0.3, -0.25) is 14.4 Å². The second-order valence-corrected chi connectivity index (χ2v) is 14.4. The number of hydrogen-bond donors (Lipinski definition) is 3. The molecule has 1 spiro atoms. The number of hydrogen-bond acceptors (Lipinski definition) is 6. The topological polar surface area (TPSA) is 137 Å². The molecule has 2 heterocycles. The highest BCUT2D eigenvalue weighted by Crippen LogP contribution is 2.57. The van der Waals surface area contributed by atoms with Gasteiger partial charge in [-0.05, 0) is 50.7 Å². The normalized spacial score (nSPS) is 27.6. The van der Waals surface area contributed by atoms with Crippen molar-refractivity contribution < 1.29 is 29.1 Å². The maximum Gasteiger partial charge on any atom is 0.315 e. The smallest absolute Gasteiger partial charge is 0.315 e. The van der Waals surface area contributed by atoms with E-state index >= 15 is 0 Å². The summed E-state index contributed by atoms with van der Waals surface area (Å²) in [5.41, 5.74) is -2.03. The van der Waals surface area contributed by atoms with Crippen molar-refractivity contribution in [1.82, 2.24) is 15.5 Å². The molecule has 1 aromatic carbocycles. The maximum absolute atomic E-state index is 14.3. The van der Waals surface area contributed by atoms with Crippen molar-refractivity contribution in [2.45, 2.75) is 90.4 Å². The van der Waals surface area contributed by atoms with Crippen molar-refractivity contribution >= 4 is 41.0 Å². The minimum absolute atomic E-state index is 0.0515. The van der Waals surface area contributed by atoms with Crippen LogP contribution in [0.25, 0.3) is 0 Å². The number of oxime groups is 1. The number of carboxylic acid groups (broad SMARTS) is 1. The highest BCUT2D eigenvalue weighted by molar-refractivity contribution is 6.31. The van der Waals surface area contributed by atoms with E-state index in [1.807, 2.05) is 47.6 Å². The van der Waals surface area contributed by atoms with Crippen molar-refractivity contribution in [2.75, 3.05) is 6.54 Å². The lowest BCUT2D eigenvalue weighted by atomic mass is 9.85. The highest BCUT2D eigenvalue weighted by Gasteiger charge is 2.62. The first kappa shape index (κ1) is 31.5. The first-order valence-corrected chi connectivity index (χ1v) is 14.6. The molecule has 4 rings (SSSR count). The molecule has 10 nitrogen and oxygen atoms in total. The molecule has 0 aromatic heterocycles. The average Bonchev–Trinajstić information content (AvgIpc) is 3.23. The van der Waals surface area contributed by atoms with Crippen LogP contribution in [0, 0.1) is 16.7 Å². The van der Waals surface area contributed by atoms with Crippen molar-refractivity contribution in [3.63, 3.8) is 0 Å². The largest absolute Gasteiger partial charge is 0.481 e. The predicted octanol–water partition coefficient (Wildman–Crippen LogP) is 4.55. The summed E-state index contributed by atoms with van der Waals surface area (Å²) in [5.74, 6) is -2.17. The number of Topliss-reactive ketones (excluding diaryl/α,β-unsaturated/α-hetero) is 1. The van der Waals surface area contributed by atoms with E-state index in [0.29, 0.717) is 23.6 Å². The SMILES string of the molecule is C=C[C@@H]1C[C@]1(CC(=O)[C@@H]1C[C@]2(CC(c3cccc(Cl)c3)=NO2)CN1C(=O)[C@@H](NC(=O)NC(C)(C)C)C(C)(C)C)C(=O)O. The molecule has 1 saturated carbocycles. The van der Waals surface area contributed by atoms with Crippen LogP contribution in [-0.2, 0) is 19.2 Å². The number of carbonyl (C=O) groups is 4. The molecule has 0 bridgehead atoms. The molecule has 3 amide bonds. The second kappa shape index (κ2) is 11.0. The van der Waals surface area contributed by atoms with Crippen LogP contribution < -0.4 is 10.6 Å². The van der Waals surface area contributed by atoms with E-state index in [1.165, 1.54) is 4.90 Å². The Balaban J connectivity index is 1.64. The van der Waals surface area contributed by atoms with Gasteiger partial charge in [-0.25, -0.2) is 4.79 Å². The van der Waals surface area contributed by atoms with Crippen LogP contribution in [0.5, 0.6) is 0 Å². The molecule has 11 heteroatoms. The van der Waals surface area contributed by atoms with Crippen LogP contribution in [0.3, 0.4) is 0 Å². The maximum atomic E-state index is 14.3. The van der Waals surface area contributed by atoms with Crippen LogP contribution in [-0.4, -0.2) is 69.2 Å². The van der Waals surface area contributed by atoms with Crippen LogP contribution in [0.1, 0.15) is 72.8 Å². The van der Waals surface area contributed by atoms with E-state index in [9.17, 15) is 24.3 Å². The summed E-state index contributed by atoms with van der Waals surface area (Å²) in [6.45, 7) is 14.8. The van der Waals surface area contributed by atoms with Gasteiger partial charge in [-0.15, -0.1) is 6.58 Å². The van der Waals surface area contributed by atoms with Crippen molar-refractivity contribution in [2.24, 2.45) is 21.9 Å². The van der Waals surface area contributed by atoms with Gasteiger partial charge >= 0.3 is 12.0 Å². The molecule has 1 saturated heterocycles. The van der Waals surface area contributed by atoms with Gasteiger partial charge in [0.25, 0.3) is 0 Å². The summed E-state index contributed by atoms with van der Waals surface area (Å²) >= 11 is 6.19. The third-order valence-corrected chi connectivity index (χ3v) is 8.50. The third kappa shape index (κ3) is 6.48. The van der Waals surface area contributed by atoms with E-state index in [1.54, 1.807) is 24.3 Å².